The molecular formula is C9H18O6S. The van der Waals surface area contributed by atoms with Crippen LogP contribution >= 0.6 is 11.8 Å². The molecule has 1 heterocycles. The molecule has 7 heteroatoms. The van der Waals surface area contributed by atoms with Crippen molar-refractivity contribution >= 4 is 11.8 Å². The summed E-state index contributed by atoms with van der Waals surface area (Å²) in [7, 11) is 0. The lowest BCUT2D eigenvalue weighted by Gasteiger charge is -2.39. The summed E-state index contributed by atoms with van der Waals surface area (Å²) in [5.41, 5.74) is 0. The molecule has 1 fully saturated rings. The summed E-state index contributed by atoms with van der Waals surface area (Å²) in [6, 6.07) is 0. The number of hydrogen-bond acceptors (Lipinski definition) is 7. The molecule has 0 aromatic heterocycles. The van der Waals surface area contributed by atoms with Gasteiger partial charge in [-0.05, 0) is 6.26 Å². The Morgan fingerprint density at radius 3 is 2.44 bits per heavy atom. The first-order chi connectivity index (χ1) is 7.61. The van der Waals surface area contributed by atoms with Crippen LogP contribution in [0.15, 0.2) is 0 Å². The van der Waals surface area contributed by atoms with E-state index < -0.39 is 37.3 Å². The first-order valence-electron chi connectivity index (χ1n) is 5.03. The average Bonchev–Trinajstić information content (AvgIpc) is 2.29. The normalized spacial score (nSPS) is 39.9. The zero-order valence-electron chi connectivity index (χ0n) is 9.02. The largest absolute Gasteiger partial charge is 0.394 e. The number of aliphatic hydroxyl groups is 4. The van der Waals surface area contributed by atoms with Crippen molar-refractivity contribution in [2.75, 3.05) is 25.2 Å². The molecular weight excluding hydrogens is 236 g/mol. The maximum Gasteiger partial charge on any atom is 0.186 e. The monoisotopic (exact) mass is 254 g/mol. The molecule has 0 aromatic carbocycles. The van der Waals surface area contributed by atoms with Gasteiger partial charge in [-0.25, -0.2) is 0 Å². The van der Waals surface area contributed by atoms with Crippen LogP contribution in [0.25, 0.3) is 0 Å². The van der Waals surface area contributed by atoms with Crippen LogP contribution in [0.3, 0.4) is 0 Å². The van der Waals surface area contributed by atoms with Crippen LogP contribution in [0.1, 0.15) is 0 Å². The van der Waals surface area contributed by atoms with Gasteiger partial charge in [-0.3, -0.25) is 0 Å². The molecule has 0 bridgehead atoms. The minimum atomic E-state index is -1.37. The van der Waals surface area contributed by atoms with Crippen LogP contribution in [0.5, 0.6) is 0 Å². The molecule has 1 rings (SSSR count). The molecule has 1 saturated heterocycles. The standard InChI is InChI=1S/C9H18O6S/c1-16-3-2-14-9-8(13)7(12)6(11)5(4-10)15-9/h5-13H,2-4H2,1H3/t5?,6?,7?,8-,9?/m1/s1. The van der Waals surface area contributed by atoms with E-state index in [0.717, 1.165) is 5.75 Å². The Hall–Kier alpha value is 0.110. The fraction of sp³-hybridized carbons (Fsp3) is 1.00. The quantitative estimate of drug-likeness (QED) is 0.428. The van der Waals surface area contributed by atoms with Crippen molar-refractivity contribution in [1.82, 2.24) is 0 Å². The Bertz CT molecular complexity index is 202. The van der Waals surface area contributed by atoms with Gasteiger partial charge in [0.15, 0.2) is 6.29 Å². The number of rotatable bonds is 5. The van der Waals surface area contributed by atoms with Crippen LogP contribution in [0.2, 0.25) is 0 Å². The van der Waals surface area contributed by atoms with E-state index in [1.54, 1.807) is 11.8 Å². The first-order valence-corrected chi connectivity index (χ1v) is 6.42. The van der Waals surface area contributed by atoms with Crippen molar-refractivity contribution in [3.05, 3.63) is 0 Å². The van der Waals surface area contributed by atoms with Gasteiger partial charge in [0, 0.05) is 5.75 Å². The molecule has 16 heavy (non-hydrogen) atoms. The van der Waals surface area contributed by atoms with Gasteiger partial charge < -0.3 is 29.9 Å². The molecule has 0 aromatic rings. The second kappa shape index (κ2) is 6.75. The fourth-order valence-corrected chi connectivity index (χ4v) is 1.72. The molecule has 6 nitrogen and oxygen atoms in total. The predicted octanol–water partition coefficient (Wildman–Crippen LogP) is -1.83. The Balaban J connectivity index is 2.50. The van der Waals surface area contributed by atoms with Gasteiger partial charge in [0.05, 0.1) is 13.2 Å². The summed E-state index contributed by atoms with van der Waals surface area (Å²) in [6.45, 7) is -0.0722. The average molecular weight is 254 g/mol. The molecule has 0 amide bonds. The Morgan fingerprint density at radius 1 is 1.19 bits per heavy atom. The van der Waals surface area contributed by atoms with E-state index in [1.165, 1.54) is 0 Å². The maximum atomic E-state index is 9.57. The summed E-state index contributed by atoms with van der Waals surface area (Å²) in [5.74, 6) is 0.731. The topological polar surface area (TPSA) is 99.4 Å². The Kier molecular flexibility index (Phi) is 5.98. The summed E-state index contributed by atoms with van der Waals surface area (Å²) in [6.07, 6.45) is -4.01. The van der Waals surface area contributed by atoms with E-state index in [1.807, 2.05) is 6.26 Å². The molecule has 0 saturated carbocycles. The highest BCUT2D eigenvalue weighted by atomic mass is 32.2. The van der Waals surface area contributed by atoms with Crippen LogP contribution in [-0.4, -0.2) is 76.4 Å². The SMILES string of the molecule is CSCCOC1OC(CO)C(O)C(O)[C@H]1O. The molecule has 1 aliphatic rings. The van der Waals surface area contributed by atoms with Crippen molar-refractivity contribution in [2.45, 2.75) is 30.7 Å². The lowest BCUT2D eigenvalue weighted by Crippen LogP contribution is -2.59. The number of aliphatic hydroxyl groups excluding tert-OH is 4. The highest BCUT2D eigenvalue weighted by Crippen LogP contribution is 2.21. The van der Waals surface area contributed by atoms with Crippen molar-refractivity contribution in [3.8, 4) is 0 Å². The van der Waals surface area contributed by atoms with Crippen molar-refractivity contribution in [3.63, 3.8) is 0 Å². The highest BCUT2D eigenvalue weighted by molar-refractivity contribution is 7.98. The van der Waals surface area contributed by atoms with Crippen LogP contribution in [-0.2, 0) is 9.47 Å². The minimum Gasteiger partial charge on any atom is -0.394 e. The zero-order valence-corrected chi connectivity index (χ0v) is 9.84. The number of thioether (sulfide) groups is 1. The third-order valence-corrected chi connectivity index (χ3v) is 2.99. The fourth-order valence-electron chi connectivity index (χ4n) is 1.45. The second-order valence-electron chi connectivity index (χ2n) is 3.56. The predicted molar refractivity (Wildman–Crippen MR) is 58.1 cm³/mol. The number of hydrogen-bond donors (Lipinski definition) is 4. The lowest BCUT2D eigenvalue weighted by molar-refractivity contribution is -0.299. The highest BCUT2D eigenvalue weighted by Gasteiger charge is 2.43. The van der Waals surface area contributed by atoms with E-state index in [9.17, 15) is 15.3 Å². The van der Waals surface area contributed by atoms with Gasteiger partial charge in [0.1, 0.15) is 24.4 Å². The summed E-state index contributed by atoms with van der Waals surface area (Å²) in [4.78, 5) is 0. The van der Waals surface area contributed by atoms with E-state index in [4.69, 9.17) is 14.6 Å². The van der Waals surface area contributed by atoms with E-state index in [2.05, 4.69) is 0 Å². The first kappa shape index (κ1) is 14.2. The third-order valence-electron chi connectivity index (χ3n) is 2.42. The Labute approximate surface area is 98.2 Å². The molecule has 4 unspecified atom stereocenters. The molecule has 5 atom stereocenters. The van der Waals surface area contributed by atoms with Gasteiger partial charge >= 0.3 is 0 Å². The molecule has 4 N–H and O–H groups in total. The molecule has 0 aliphatic carbocycles. The van der Waals surface area contributed by atoms with Crippen LogP contribution in [0.4, 0.5) is 0 Å². The summed E-state index contributed by atoms with van der Waals surface area (Å²) < 4.78 is 10.3. The van der Waals surface area contributed by atoms with Crippen LogP contribution in [0, 0.1) is 0 Å². The van der Waals surface area contributed by atoms with Gasteiger partial charge in [0.25, 0.3) is 0 Å². The zero-order chi connectivity index (χ0) is 12.1. The van der Waals surface area contributed by atoms with Gasteiger partial charge in [-0.1, -0.05) is 0 Å². The van der Waals surface area contributed by atoms with Gasteiger partial charge in [-0.15, -0.1) is 0 Å². The van der Waals surface area contributed by atoms with Crippen LogP contribution < -0.4 is 0 Å². The smallest absolute Gasteiger partial charge is 0.186 e. The third kappa shape index (κ3) is 3.30. The van der Waals surface area contributed by atoms with Crippen molar-refractivity contribution < 1.29 is 29.9 Å². The molecule has 0 radical (unpaired) electrons. The van der Waals surface area contributed by atoms with Crippen molar-refractivity contribution in [1.29, 1.82) is 0 Å². The Morgan fingerprint density at radius 2 is 1.88 bits per heavy atom. The lowest BCUT2D eigenvalue weighted by atomic mass is 9.99. The minimum absolute atomic E-state index is 0.365. The van der Waals surface area contributed by atoms with Gasteiger partial charge in [-0.2, -0.15) is 11.8 Å². The second-order valence-corrected chi connectivity index (χ2v) is 4.55. The molecule has 1 aliphatic heterocycles. The van der Waals surface area contributed by atoms with Gasteiger partial charge in [0.2, 0.25) is 0 Å². The maximum absolute atomic E-state index is 9.57. The summed E-state index contributed by atoms with van der Waals surface area (Å²) in [5, 5.41) is 37.4. The van der Waals surface area contributed by atoms with E-state index >= 15 is 0 Å². The summed E-state index contributed by atoms with van der Waals surface area (Å²) >= 11 is 1.58. The van der Waals surface area contributed by atoms with E-state index in [0.29, 0.717) is 6.61 Å². The molecule has 96 valence electrons. The molecule has 0 spiro atoms. The number of ether oxygens (including phenoxy) is 2. The van der Waals surface area contributed by atoms with E-state index in [-0.39, 0.29) is 0 Å². The van der Waals surface area contributed by atoms with Crippen molar-refractivity contribution in [2.24, 2.45) is 0 Å².